The lowest BCUT2D eigenvalue weighted by atomic mass is 10.0. The van der Waals surface area contributed by atoms with Gasteiger partial charge >= 0.3 is 0 Å². The third-order valence-electron chi connectivity index (χ3n) is 3.62. The number of nitrogens with one attached hydrogen (secondary N) is 1. The molecule has 2 heteroatoms. The van der Waals surface area contributed by atoms with Crippen LogP contribution in [-0.4, -0.2) is 17.3 Å². The van der Waals surface area contributed by atoms with E-state index in [4.69, 9.17) is 5.41 Å². The van der Waals surface area contributed by atoms with Crippen LogP contribution in [0.4, 0.5) is 0 Å². The second-order valence-electron chi connectivity index (χ2n) is 5.07. The van der Waals surface area contributed by atoms with Crippen molar-refractivity contribution < 1.29 is 0 Å². The Hall–Kier alpha value is -2.35. The molecule has 0 saturated carbocycles. The summed E-state index contributed by atoms with van der Waals surface area (Å²) in [5, 5.41) is 7.95. The largest absolute Gasteiger partial charge is 0.352 e. The lowest BCUT2D eigenvalue weighted by Gasteiger charge is -2.26. The first-order valence-corrected chi connectivity index (χ1v) is 6.95. The molecule has 0 aliphatic carbocycles. The third kappa shape index (κ3) is 2.80. The van der Waals surface area contributed by atoms with E-state index in [1.165, 1.54) is 16.7 Å². The molecule has 1 heterocycles. The minimum Gasteiger partial charge on any atom is -0.352 e. The first-order chi connectivity index (χ1) is 9.83. The number of amidine groups is 1. The second-order valence-corrected chi connectivity index (χ2v) is 5.07. The van der Waals surface area contributed by atoms with E-state index in [0.29, 0.717) is 5.84 Å². The number of hydrogen-bond acceptors (Lipinski definition) is 1. The Bertz CT molecular complexity index is 612. The predicted molar refractivity (Wildman–Crippen MR) is 83.8 cm³/mol. The highest BCUT2D eigenvalue weighted by Crippen LogP contribution is 2.20. The van der Waals surface area contributed by atoms with Crippen molar-refractivity contribution in [1.82, 2.24) is 4.90 Å². The van der Waals surface area contributed by atoms with Crippen molar-refractivity contribution in [3.05, 3.63) is 72.3 Å². The van der Waals surface area contributed by atoms with Crippen LogP contribution in [0, 0.1) is 5.41 Å². The Labute approximate surface area is 119 Å². The molecular weight excluding hydrogens is 244 g/mol. The highest BCUT2D eigenvalue weighted by Gasteiger charge is 2.11. The fourth-order valence-corrected chi connectivity index (χ4v) is 2.45. The first kappa shape index (κ1) is 12.7. The fourth-order valence-electron chi connectivity index (χ4n) is 2.45. The summed E-state index contributed by atoms with van der Waals surface area (Å²) in [5.41, 5.74) is 3.74. The molecule has 0 atom stereocenters. The smallest absolute Gasteiger partial charge is 0.100 e. The first-order valence-electron chi connectivity index (χ1n) is 6.95. The van der Waals surface area contributed by atoms with Gasteiger partial charge in [-0.15, -0.1) is 0 Å². The van der Waals surface area contributed by atoms with Crippen LogP contribution >= 0.6 is 0 Å². The molecule has 0 saturated heterocycles. The quantitative estimate of drug-likeness (QED) is 0.829. The predicted octanol–water partition coefficient (Wildman–Crippen LogP) is 4.09. The van der Waals surface area contributed by atoms with Crippen LogP contribution in [0.25, 0.3) is 11.1 Å². The van der Waals surface area contributed by atoms with E-state index in [-0.39, 0.29) is 0 Å². The van der Waals surface area contributed by atoms with Crippen LogP contribution in [0.5, 0.6) is 0 Å². The van der Waals surface area contributed by atoms with Crippen molar-refractivity contribution in [3.63, 3.8) is 0 Å². The summed E-state index contributed by atoms with van der Waals surface area (Å²) < 4.78 is 0. The van der Waals surface area contributed by atoms with Crippen LogP contribution < -0.4 is 0 Å². The van der Waals surface area contributed by atoms with Gasteiger partial charge in [0.1, 0.15) is 5.84 Å². The molecule has 0 bridgehead atoms. The van der Waals surface area contributed by atoms with Gasteiger partial charge in [-0.2, -0.15) is 0 Å². The summed E-state index contributed by atoms with van der Waals surface area (Å²) in [4.78, 5) is 2.11. The Morgan fingerprint density at radius 3 is 2.25 bits per heavy atom. The average molecular weight is 262 g/mol. The molecule has 1 aliphatic rings. The van der Waals surface area contributed by atoms with Crippen molar-refractivity contribution in [2.75, 3.05) is 6.54 Å². The minimum atomic E-state index is 0.708. The van der Waals surface area contributed by atoms with Gasteiger partial charge in [0.05, 0.1) is 0 Å². The van der Waals surface area contributed by atoms with Gasteiger partial charge in [0.2, 0.25) is 0 Å². The molecule has 0 radical (unpaired) electrons. The highest BCUT2D eigenvalue weighted by atomic mass is 15.2. The Morgan fingerprint density at radius 1 is 0.850 bits per heavy atom. The molecule has 0 spiro atoms. The zero-order valence-corrected chi connectivity index (χ0v) is 11.4. The van der Waals surface area contributed by atoms with Gasteiger partial charge in [0, 0.05) is 19.5 Å². The van der Waals surface area contributed by atoms with Crippen molar-refractivity contribution in [1.29, 1.82) is 5.41 Å². The van der Waals surface area contributed by atoms with Crippen molar-refractivity contribution >= 4 is 5.84 Å². The standard InChI is InChI=1S/C18H18N2/c19-18-8-4-5-13-20(18)14-15-9-11-17(12-10-15)16-6-2-1-3-7-16/h1-7,9-12,19H,8,13-14H2. The van der Waals surface area contributed by atoms with Gasteiger partial charge in [0.25, 0.3) is 0 Å². The summed E-state index contributed by atoms with van der Waals surface area (Å²) in [5.74, 6) is 0.708. The molecule has 20 heavy (non-hydrogen) atoms. The summed E-state index contributed by atoms with van der Waals surface area (Å²) in [6, 6.07) is 19.0. The molecule has 1 N–H and O–H groups in total. The molecule has 0 unspecified atom stereocenters. The van der Waals surface area contributed by atoms with Crippen molar-refractivity contribution in [2.24, 2.45) is 0 Å². The van der Waals surface area contributed by atoms with Gasteiger partial charge in [-0.05, 0) is 16.7 Å². The van der Waals surface area contributed by atoms with Crippen LogP contribution in [0.1, 0.15) is 12.0 Å². The maximum atomic E-state index is 7.95. The molecule has 2 nitrogen and oxygen atoms in total. The number of nitrogens with zero attached hydrogens (tertiary/aromatic N) is 1. The fraction of sp³-hybridized carbons (Fsp3) is 0.167. The number of rotatable bonds is 3. The molecular formula is C18H18N2. The summed E-state index contributed by atoms with van der Waals surface area (Å²) in [6.07, 6.45) is 4.95. The lowest BCUT2D eigenvalue weighted by Crippen LogP contribution is -2.31. The molecule has 0 aromatic heterocycles. The van der Waals surface area contributed by atoms with E-state index < -0.39 is 0 Å². The van der Waals surface area contributed by atoms with Crippen molar-refractivity contribution in [2.45, 2.75) is 13.0 Å². The Kier molecular flexibility index (Phi) is 3.64. The van der Waals surface area contributed by atoms with Gasteiger partial charge in [0.15, 0.2) is 0 Å². The van der Waals surface area contributed by atoms with E-state index >= 15 is 0 Å². The Balaban J connectivity index is 1.73. The second kappa shape index (κ2) is 5.74. The minimum absolute atomic E-state index is 0.708. The van der Waals surface area contributed by atoms with Crippen LogP contribution in [0.3, 0.4) is 0 Å². The summed E-state index contributed by atoms with van der Waals surface area (Å²) in [6.45, 7) is 1.66. The maximum absolute atomic E-state index is 7.95. The number of benzene rings is 2. The maximum Gasteiger partial charge on any atom is 0.100 e. The summed E-state index contributed by atoms with van der Waals surface area (Å²) in [7, 11) is 0. The van der Waals surface area contributed by atoms with Crippen LogP contribution in [0.2, 0.25) is 0 Å². The molecule has 2 aromatic carbocycles. The van der Waals surface area contributed by atoms with Gasteiger partial charge in [-0.1, -0.05) is 66.7 Å². The summed E-state index contributed by atoms with van der Waals surface area (Å²) >= 11 is 0. The molecule has 0 fully saturated rings. The molecule has 100 valence electrons. The van der Waals surface area contributed by atoms with E-state index in [1.54, 1.807) is 0 Å². The molecule has 1 aliphatic heterocycles. The van der Waals surface area contributed by atoms with Crippen LogP contribution in [0.15, 0.2) is 66.7 Å². The zero-order valence-electron chi connectivity index (χ0n) is 11.4. The van der Waals surface area contributed by atoms with E-state index in [2.05, 4.69) is 65.6 Å². The monoisotopic (exact) mass is 262 g/mol. The molecule has 3 rings (SSSR count). The SMILES string of the molecule is N=C1CC=CCN1Cc1ccc(-c2ccccc2)cc1. The van der Waals surface area contributed by atoms with E-state index in [0.717, 1.165) is 19.5 Å². The highest BCUT2D eigenvalue weighted by molar-refractivity contribution is 5.81. The van der Waals surface area contributed by atoms with E-state index in [9.17, 15) is 0 Å². The van der Waals surface area contributed by atoms with Gasteiger partial charge < -0.3 is 4.90 Å². The number of hydrogen-bond donors (Lipinski definition) is 1. The molecule has 2 aromatic rings. The Morgan fingerprint density at radius 2 is 1.55 bits per heavy atom. The van der Waals surface area contributed by atoms with Gasteiger partial charge in [-0.25, -0.2) is 0 Å². The van der Waals surface area contributed by atoms with Gasteiger partial charge in [-0.3, -0.25) is 5.41 Å². The normalized spacial score (nSPS) is 14.6. The lowest BCUT2D eigenvalue weighted by molar-refractivity contribution is 0.439. The van der Waals surface area contributed by atoms with Crippen molar-refractivity contribution in [3.8, 4) is 11.1 Å². The van der Waals surface area contributed by atoms with Crippen LogP contribution in [-0.2, 0) is 6.54 Å². The third-order valence-corrected chi connectivity index (χ3v) is 3.62. The average Bonchev–Trinajstić information content (AvgIpc) is 2.51. The zero-order chi connectivity index (χ0) is 13.8. The molecule has 0 amide bonds. The van der Waals surface area contributed by atoms with E-state index in [1.807, 2.05) is 6.07 Å². The topological polar surface area (TPSA) is 27.1 Å².